The van der Waals surface area contributed by atoms with Crippen molar-refractivity contribution in [3.8, 4) is 5.75 Å². The number of hydrogen-bond acceptors (Lipinski definition) is 2. The monoisotopic (exact) mass is 271 g/mol. The van der Waals surface area contributed by atoms with E-state index in [0.29, 0.717) is 0 Å². The minimum absolute atomic E-state index is 0.277. The Morgan fingerprint density at radius 1 is 1.33 bits per heavy atom. The standard InChI is InChI=1S/C12H18BrNO/c1-10(4-3-9-14-2)15-12-7-5-11(13)6-8-12/h5-8,10,14H,3-4,9H2,1-2H3. The Kier molecular flexibility index (Phi) is 5.73. The summed E-state index contributed by atoms with van der Waals surface area (Å²) in [6.07, 6.45) is 2.50. The number of benzene rings is 1. The first kappa shape index (κ1) is 12.5. The van der Waals surface area contributed by atoms with E-state index >= 15 is 0 Å². The molecule has 0 saturated heterocycles. The predicted octanol–water partition coefficient (Wildman–Crippen LogP) is 3.22. The Morgan fingerprint density at radius 3 is 2.60 bits per heavy atom. The molecule has 2 nitrogen and oxygen atoms in total. The number of halogens is 1. The van der Waals surface area contributed by atoms with Crippen LogP contribution in [0.4, 0.5) is 0 Å². The molecule has 0 aliphatic carbocycles. The normalized spacial score (nSPS) is 12.5. The van der Waals surface area contributed by atoms with Crippen LogP contribution in [0.25, 0.3) is 0 Å². The van der Waals surface area contributed by atoms with Gasteiger partial charge in [0.15, 0.2) is 0 Å². The van der Waals surface area contributed by atoms with Gasteiger partial charge in [0.25, 0.3) is 0 Å². The van der Waals surface area contributed by atoms with Crippen molar-refractivity contribution in [2.45, 2.75) is 25.9 Å². The predicted molar refractivity (Wildman–Crippen MR) is 67.4 cm³/mol. The molecule has 3 heteroatoms. The van der Waals surface area contributed by atoms with Gasteiger partial charge in [-0.1, -0.05) is 15.9 Å². The maximum absolute atomic E-state index is 5.77. The van der Waals surface area contributed by atoms with Crippen LogP contribution in [0.15, 0.2) is 28.7 Å². The molecule has 1 rings (SSSR count). The molecule has 1 N–H and O–H groups in total. The van der Waals surface area contributed by atoms with Gasteiger partial charge in [0.2, 0.25) is 0 Å². The SMILES string of the molecule is CNCCCC(C)Oc1ccc(Br)cc1. The van der Waals surface area contributed by atoms with Gasteiger partial charge in [0.1, 0.15) is 5.75 Å². The molecule has 0 amide bonds. The summed E-state index contributed by atoms with van der Waals surface area (Å²) in [7, 11) is 1.97. The highest BCUT2D eigenvalue weighted by atomic mass is 79.9. The summed E-state index contributed by atoms with van der Waals surface area (Å²) >= 11 is 3.40. The van der Waals surface area contributed by atoms with Gasteiger partial charge in [0.05, 0.1) is 6.10 Å². The smallest absolute Gasteiger partial charge is 0.119 e. The zero-order valence-corrected chi connectivity index (χ0v) is 10.9. The van der Waals surface area contributed by atoms with E-state index in [1.54, 1.807) is 0 Å². The molecule has 0 heterocycles. The molecule has 1 atom stereocenters. The lowest BCUT2D eigenvalue weighted by atomic mass is 10.2. The lowest BCUT2D eigenvalue weighted by Crippen LogP contribution is -2.15. The maximum atomic E-state index is 5.77. The molecule has 0 saturated carbocycles. The Labute approximate surface area is 100 Å². The van der Waals surface area contributed by atoms with E-state index in [-0.39, 0.29) is 6.10 Å². The summed E-state index contributed by atoms with van der Waals surface area (Å²) in [4.78, 5) is 0. The second kappa shape index (κ2) is 6.85. The first-order chi connectivity index (χ1) is 7.22. The van der Waals surface area contributed by atoms with E-state index in [2.05, 4.69) is 28.2 Å². The van der Waals surface area contributed by atoms with E-state index in [1.807, 2.05) is 31.3 Å². The fourth-order valence-corrected chi connectivity index (χ4v) is 1.64. The minimum atomic E-state index is 0.277. The number of hydrogen-bond donors (Lipinski definition) is 1. The third-order valence-electron chi connectivity index (χ3n) is 2.19. The molecule has 15 heavy (non-hydrogen) atoms. The van der Waals surface area contributed by atoms with Crippen molar-refractivity contribution in [3.05, 3.63) is 28.7 Å². The van der Waals surface area contributed by atoms with Crippen molar-refractivity contribution in [1.29, 1.82) is 0 Å². The first-order valence-electron chi connectivity index (χ1n) is 5.29. The summed E-state index contributed by atoms with van der Waals surface area (Å²) in [5, 5.41) is 3.13. The largest absolute Gasteiger partial charge is 0.491 e. The second-order valence-electron chi connectivity index (χ2n) is 3.63. The maximum Gasteiger partial charge on any atom is 0.119 e. The average molecular weight is 272 g/mol. The Bertz CT molecular complexity index is 273. The summed E-state index contributed by atoms with van der Waals surface area (Å²) < 4.78 is 6.85. The van der Waals surface area contributed by atoms with Gasteiger partial charge in [0, 0.05) is 4.47 Å². The van der Waals surface area contributed by atoms with Gasteiger partial charge < -0.3 is 10.1 Å². The first-order valence-corrected chi connectivity index (χ1v) is 6.08. The fourth-order valence-electron chi connectivity index (χ4n) is 1.37. The summed E-state index contributed by atoms with van der Waals surface area (Å²) in [6, 6.07) is 7.96. The second-order valence-corrected chi connectivity index (χ2v) is 4.54. The summed E-state index contributed by atoms with van der Waals surface area (Å²) in [5.74, 6) is 0.940. The number of rotatable bonds is 6. The highest BCUT2D eigenvalue weighted by molar-refractivity contribution is 9.10. The Hall–Kier alpha value is -0.540. The molecule has 84 valence electrons. The average Bonchev–Trinajstić information content (AvgIpc) is 2.22. The van der Waals surface area contributed by atoms with Gasteiger partial charge >= 0.3 is 0 Å². The van der Waals surface area contributed by atoms with Crippen LogP contribution < -0.4 is 10.1 Å². The molecule has 0 radical (unpaired) electrons. The highest BCUT2D eigenvalue weighted by Gasteiger charge is 2.03. The topological polar surface area (TPSA) is 21.3 Å². The lowest BCUT2D eigenvalue weighted by molar-refractivity contribution is 0.208. The molecule has 0 spiro atoms. The van der Waals surface area contributed by atoms with Crippen molar-refractivity contribution >= 4 is 15.9 Å². The van der Waals surface area contributed by atoms with Crippen molar-refractivity contribution in [1.82, 2.24) is 5.32 Å². The zero-order chi connectivity index (χ0) is 11.1. The van der Waals surface area contributed by atoms with Crippen LogP contribution in [-0.4, -0.2) is 19.7 Å². The van der Waals surface area contributed by atoms with Crippen LogP contribution in [0.2, 0.25) is 0 Å². The minimum Gasteiger partial charge on any atom is -0.491 e. The van der Waals surface area contributed by atoms with E-state index in [0.717, 1.165) is 29.6 Å². The zero-order valence-electron chi connectivity index (χ0n) is 9.29. The summed E-state index contributed by atoms with van der Waals surface area (Å²) in [5.41, 5.74) is 0. The number of nitrogens with one attached hydrogen (secondary N) is 1. The van der Waals surface area contributed by atoms with Crippen molar-refractivity contribution in [2.24, 2.45) is 0 Å². The van der Waals surface area contributed by atoms with Crippen molar-refractivity contribution in [3.63, 3.8) is 0 Å². The van der Waals surface area contributed by atoms with E-state index in [9.17, 15) is 0 Å². The molecule has 0 aliphatic rings. The van der Waals surface area contributed by atoms with Crippen LogP contribution in [0.1, 0.15) is 19.8 Å². The Morgan fingerprint density at radius 2 is 2.00 bits per heavy atom. The van der Waals surface area contributed by atoms with Gasteiger partial charge in [-0.3, -0.25) is 0 Å². The van der Waals surface area contributed by atoms with E-state index in [4.69, 9.17) is 4.74 Å². The van der Waals surface area contributed by atoms with Crippen LogP contribution in [0.3, 0.4) is 0 Å². The van der Waals surface area contributed by atoms with Crippen molar-refractivity contribution in [2.75, 3.05) is 13.6 Å². The Balaban J connectivity index is 2.31. The molecule has 0 fully saturated rings. The van der Waals surface area contributed by atoms with Gasteiger partial charge in [-0.2, -0.15) is 0 Å². The molecule has 1 unspecified atom stereocenters. The van der Waals surface area contributed by atoms with Crippen LogP contribution >= 0.6 is 15.9 Å². The third-order valence-corrected chi connectivity index (χ3v) is 2.72. The quantitative estimate of drug-likeness (QED) is 0.803. The molecule has 0 aliphatic heterocycles. The molecule has 0 bridgehead atoms. The molecule has 1 aromatic carbocycles. The van der Waals surface area contributed by atoms with E-state index in [1.165, 1.54) is 0 Å². The molecule has 0 aromatic heterocycles. The molecular formula is C12H18BrNO. The van der Waals surface area contributed by atoms with Crippen LogP contribution in [0, 0.1) is 0 Å². The van der Waals surface area contributed by atoms with Gasteiger partial charge in [-0.25, -0.2) is 0 Å². The van der Waals surface area contributed by atoms with Gasteiger partial charge in [-0.15, -0.1) is 0 Å². The van der Waals surface area contributed by atoms with Crippen LogP contribution in [0.5, 0.6) is 5.75 Å². The lowest BCUT2D eigenvalue weighted by Gasteiger charge is -2.14. The third kappa shape index (κ3) is 5.19. The van der Waals surface area contributed by atoms with Gasteiger partial charge in [-0.05, 0) is 57.6 Å². The van der Waals surface area contributed by atoms with Crippen molar-refractivity contribution < 1.29 is 4.74 Å². The summed E-state index contributed by atoms with van der Waals surface area (Å²) in [6.45, 7) is 3.16. The molecule has 1 aromatic rings. The molecular weight excluding hydrogens is 254 g/mol. The fraction of sp³-hybridized carbons (Fsp3) is 0.500. The highest BCUT2D eigenvalue weighted by Crippen LogP contribution is 2.18. The van der Waals surface area contributed by atoms with E-state index < -0.39 is 0 Å². The van der Waals surface area contributed by atoms with Crippen LogP contribution in [-0.2, 0) is 0 Å². The number of ether oxygens (including phenoxy) is 1.